The van der Waals surface area contributed by atoms with E-state index < -0.39 is 0 Å². The number of benzene rings is 2. The molecule has 0 unspecified atom stereocenters. The Morgan fingerprint density at radius 1 is 0.966 bits per heavy atom. The number of thiazole rings is 1. The van der Waals surface area contributed by atoms with Crippen LogP contribution in [0.2, 0.25) is 10.0 Å². The fraction of sp³-hybridized carbons (Fsp3) is 0.0952. The molecule has 0 bridgehead atoms. The molecule has 0 aliphatic carbocycles. The molecule has 2 heterocycles. The third kappa shape index (κ3) is 4.34. The molecule has 5 nitrogen and oxygen atoms in total. The van der Waals surface area contributed by atoms with Crippen molar-refractivity contribution in [2.24, 2.45) is 0 Å². The van der Waals surface area contributed by atoms with Gasteiger partial charge in [0, 0.05) is 24.6 Å². The summed E-state index contributed by atoms with van der Waals surface area (Å²) >= 11 is 13.8. The molecule has 0 amide bonds. The van der Waals surface area contributed by atoms with Gasteiger partial charge in [-0.15, -0.1) is 0 Å². The van der Waals surface area contributed by atoms with Crippen molar-refractivity contribution in [3.8, 4) is 10.6 Å². The minimum atomic E-state index is 0.511. The van der Waals surface area contributed by atoms with Crippen molar-refractivity contribution in [2.45, 2.75) is 6.92 Å². The van der Waals surface area contributed by atoms with Crippen molar-refractivity contribution in [3.05, 3.63) is 76.5 Å². The van der Waals surface area contributed by atoms with Gasteiger partial charge in [-0.25, -0.2) is 15.0 Å². The highest BCUT2D eigenvalue weighted by molar-refractivity contribution is 7.19. The SMILES string of the molecule is Cc1nc(N(C)c2ccc(Cl)c(Cl)c2)sc1-c1ccnc(Nc2ccccc2)n1. The molecule has 0 aliphatic rings. The molecule has 8 heteroatoms. The Morgan fingerprint density at radius 3 is 2.52 bits per heavy atom. The lowest BCUT2D eigenvalue weighted by Crippen LogP contribution is -2.08. The number of halogens is 2. The van der Waals surface area contributed by atoms with Crippen LogP contribution in [-0.2, 0) is 0 Å². The second kappa shape index (κ2) is 8.37. The van der Waals surface area contributed by atoms with E-state index in [9.17, 15) is 0 Å². The van der Waals surface area contributed by atoms with Gasteiger partial charge in [-0.3, -0.25) is 0 Å². The van der Waals surface area contributed by atoms with Crippen LogP contribution in [0.5, 0.6) is 0 Å². The van der Waals surface area contributed by atoms with E-state index in [0.29, 0.717) is 16.0 Å². The van der Waals surface area contributed by atoms with Gasteiger partial charge in [0.05, 0.1) is 26.3 Å². The Hall–Kier alpha value is -2.67. The van der Waals surface area contributed by atoms with E-state index in [1.165, 1.54) is 0 Å². The van der Waals surface area contributed by atoms with Crippen LogP contribution in [0.25, 0.3) is 10.6 Å². The van der Waals surface area contributed by atoms with Crippen molar-refractivity contribution in [1.82, 2.24) is 15.0 Å². The molecule has 2 aromatic heterocycles. The third-order valence-corrected chi connectivity index (χ3v) is 6.28. The highest BCUT2D eigenvalue weighted by Crippen LogP contribution is 2.37. The predicted molar refractivity (Wildman–Crippen MR) is 122 cm³/mol. The smallest absolute Gasteiger partial charge is 0.227 e. The Labute approximate surface area is 183 Å². The largest absolute Gasteiger partial charge is 0.324 e. The molecule has 0 aliphatic heterocycles. The average molecular weight is 442 g/mol. The Morgan fingerprint density at radius 2 is 1.76 bits per heavy atom. The maximum atomic E-state index is 6.16. The van der Waals surface area contributed by atoms with Gasteiger partial charge in [0.1, 0.15) is 0 Å². The quantitative estimate of drug-likeness (QED) is 0.372. The molecule has 0 saturated carbocycles. The number of rotatable bonds is 5. The Bertz CT molecular complexity index is 1150. The first kappa shape index (κ1) is 19.6. The van der Waals surface area contributed by atoms with Crippen LogP contribution in [-0.4, -0.2) is 22.0 Å². The summed E-state index contributed by atoms with van der Waals surface area (Å²) in [5.41, 5.74) is 3.57. The van der Waals surface area contributed by atoms with Crippen LogP contribution >= 0.6 is 34.5 Å². The average Bonchev–Trinajstić information content (AvgIpc) is 3.12. The normalized spacial score (nSPS) is 10.8. The number of hydrogen-bond acceptors (Lipinski definition) is 6. The molecule has 0 radical (unpaired) electrons. The molecule has 1 N–H and O–H groups in total. The second-order valence-electron chi connectivity index (χ2n) is 6.32. The van der Waals surface area contributed by atoms with E-state index in [1.54, 1.807) is 23.6 Å². The van der Waals surface area contributed by atoms with Gasteiger partial charge in [-0.05, 0) is 43.3 Å². The summed E-state index contributed by atoms with van der Waals surface area (Å²) in [6, 6.07) is 17.2. The second-order valence-corrected chi connectivity index (χ2v) is 8.12. The monoisotopic (exact) mass is 441 g/mol. The highest BCUT2D eigenvalue weighted by Gasteiger charge is 2.16. The van der Waals surface area contributed by atoms with E-state index in [1.807, 2.05) is 67.4 Å². The zero-order valence-corrected chi connectivity index (χ0v) is 18.1. The maximum Gasteiger partial charge on any atom is 0.227 e. The van der Waals surface area contributed by atoms with Crippen LogP contribution in [0.15, 0.2) is 60.8 Å². The van der Waals surface area contributed by atoms with Gasteiger partial charge in [-0.2, -0.15) is 0 Å². The van der Waals surface area contributed by atoms with Crippen molar-refractivity contribution in [1.29, 1.82) is 0 Å². The number of hydrogen-bond donors (Lipinski definition) is 1. The third-order valence-electron chi connectivity index (χ3n) is 4.28. The number of aromatic nitrogens is 3. The summed E-state index contributed by atoms with van der Waals surface area (Å²) < 4.78 is 0. The van der Waals surface area contributed by atoms with Gasteiger partial charge in [0.15, 0.2) is 5.13 Å². The first-order valence-corrected chi connectivity index (χ1v) is 10.4. The molecule has 0 fully saturated rings. The molecule has 0 spiro atoms. The molecule has 29 heavy (non-hydrogen) atoms. The summed E-state index contributed by atoms with van der Waals surface area (Å²) in [5.74, 6) is 0.542. The standard InChI is InChI=1S/C21H17Cl2N5S/c1-13-19(18-10-11-24-20(27-18)26-14-6-4-3-5-7-14)29-21(25-13)28(2)15-8-9-16(22)17(23)12-15/h3-12H,1-2H3,(H,24,26,27). The molecular weight excluding hydrogens is 425 g/mol. The molecular formula is C21H17Cl2N5S. The summed E-state index contributed by atoms with van der Waals surface area (Å²) in [6.07, 6.45) is 1.75. The Kier molecular flexibility index (Phi) is 5.67. The maximum absolute atomic E-state index is 6.16. The highest BCUT2D eigenvalue weighted by atomic mass is 35.5. The number of nitrogens with zero attached hydrogens (tertiary/aromatic N) is 4. The molecule has 4 aromatic rings. The van der Waals surface area contributed by atoms with Crippen LogP contribution in [0.1, 0.15) is 5.69 Å². The summed E-state index contributed by atoms with van der Waals surface area (Å²) in [6.45, 7) is 1.98. The fourth-order valence-corrected chi connectivity index (χ4v) is 4.07. The molecule has 146 valence electrons. The lowest BCUT2D eigenvalue weighted by molar-refractivity contribution is 1.13. The number of aryl methyl sites for hydroxylation is 1. The van der Waals surface area contributed by atoms with E-state index >= 15 is 0 Å². The molecule has 4 rings (SSSR count). The van der Waals surface area contributed by atoms with Gasteiger partial charge >= 0.3 is 0 Å². The molecule has 0 atom stereocenters. The van der Waals surface area contributed by atoms with Crippen molar-refractivity contribution in [3.63, 3.8) is 0 Å². The lowest BCUT2D eigenvalue weighted by Gasteiger charge is -2.16. The first-order chi connectivity index (χ1) is 14.0. The van der Waals surface area contributed by atoms with E-state index in [4.69, 9.17) is 28.2 Å². The number of para-hydroxylation sites is 1. The number of nitrogens with one attached hydrogen (secondary N) is 1. The topological polar surface area (TPSA) is 53.9 Å². The van der Waals surface area contributed by atoms with Crippen LogP contribution < -0.4 is 10.2 Å². The van der Waals surface area contributed by atoms with Crippen molar-refractivity contribution < 1.29 is 0 Å². The zero-order chi connectivity index (χ0) is 20.4. The van der Waals surface area contributed by atoms with Crippen LogP contribution in [0.4, 0.5) is 22.5 Å². The Balaban J connectivity index is 1.62. The molecule has 0 saturated heterocycles. The first-order valence-electron chi connectivity index (χ1n) is 8.83. The summed E-state index contributed by atoms with van der Waals surface area (Å²) in [7, 11) is 1.95. The van der Waals surface area contributed by atoms with Gasteiger partial charge < -0.3 is 10.2 Å². The lowest BCUT2D eigenvalue weighted by atomic mass is 10.3. The fourth-order valence-electron chi connectivity index (χ4n) is 2.76. The molecule has 2 aromatic carbocycles. The van der Waals surface area contributed by atoms with Crippen LogP contribution in [0, 0.1) is 6.92 Å². The van der Waals surface area contributed by atoms with Gasteiger partial charge in [0.25, 0.3) is 0 Å². The summed E-state index contributed by atoms with van der Waals surface area (Å²) in [5, 5.41) is 5.10. The predicted octanol–water partition coefficient (Wildman–Crippen LogP) is 6.73. The zero-order valence-electron chi connectivity index (χ0n) is 15.7. The minimum absolute atomic E-state index is 0.511. The van der Waals surface area contributed by atoms with Crippen LogP contribution in [0.3, 0.4) is 0 Å². The van der Waals surface area contributed by atoms with Crippen molar-refractivity contribution >= 4 is 57.0 Å². The minimum Gasteiger partial charge on any atom is -0.324 e. The van der Waals surface area contributed by atoms with E-state index in [0.717, 1.165) is 32.8 Å². The van der Waals surface area contributed by atoms with Gasteiger partial charge in [-0.1, -0.05) is 52.7 Å². The van der Waals surface area contributed by atoms with Gasteiger partial charge in [0.2, 0.25) is 5.95 Å². The summed E-state index contributed by atoms with van der Waals surface area (Å²) in [4.78, 5) is 16.7. The number of anilines is 4. The van der Waals surface area contributed by atoms with E-state index in [2.05, 4.69) is 15.3 Å². The van der Waals surface area contributed by atoms with Crippen molar-refractivity contribution in [2.75, 3.05) is 17.3 Å². The van der Waals surface area contributed by atoms with E-state index in [-0.39, 0.29) is 0 Å².